The SMILES string of the molecule is CCOC(=O)c1c(C(C)C)nc(C2CC2)c(C(=O)OCC)c1-c1ccc(F)cc1. The monoisotopic (exact) mass is 399 g/mol. The van der Waals surface area contributed by atoms with Crippen molar-refractivity contribution in [2.75, 3.05) is 13.2 Å². The van der Waals surface area contributed by atoms with Crippen molar-refractivity contribution in [1.29, 1.82) is 0 Å². The number of carbonyl (C=O) groups excluding carboxylic acids is 2. The van der Waals surface area contributed by atoms with Crippen LogP contribution in [0, 0.1) is 5.82 Å². The lowest BCUT2D eigenvalue weighted by Gasteiger charge is -2.21. The molecule has 1 fully saturated rings. The fraction of sp³-hybridized carbons (Fsp3) is 0.435. The molecule has 0 unspecified atom stereocenters. The summed E-state index contributed by atoms with van der Waals surface area (Å²) in [5.74, 6) is -1.38. The van der Waals surface area contributed by atoms with Gasteiger partial charge in [0.25, 0.3) is 0 Å². The minimum absolute atomic E-state index is 0.0673. The molecule has 1 aromatic heterocycles. The summed E-state index contributed by atoms with van der Waals surface area (Å²) >= 11 is 0. The van der Waals surface area contributed by atoms with Gasteiger partial charge in [-0.15, -0.1) is 0 Å². The lowest BCUT2D eigenvalue weighted by Crippen LogP contribution is -2.20. The average Bonchev–Trinajstić information content (AvgIpc) is 3.52. The van der Waals surface area contributed by atoms with Crippen LogP contribution < -0.4 is 0 Å². The van der Waals surface area contributed by atoms with E-state index in [9.17, 15) is 14.0 Å². The van der Waals surface area contributed by atoms with Gasteiger partial charge >= 0.3 is 11.9 Å². The molecule has 0 N–H and O–H groups in total. The normalized spacial score (nSPS) is 13.4. The highest BCUT2D eigenvalue weighted by molar-refractivity contribution is 6.07. The molecule has 3 rings (SSSR count). The van der Waals surface area contributed by atoms with Gasteiger partial charge in [-0.25, -0.2) is 14.0 Å². The maximum atomic E-state index is 13.6. The van der Waals surface area contributed by atoms with Crippen LogP contribution in [-0.4, -0.2) is 30.1 Å². The van der Waals surface area contributed by atoms with Crippen molar-refractivity contribution in [1.82, 2.24) is 4.98 Å². The second kappa shape index (κ2) is 8.72. The number of pyridine rings is 1. The van der Waals surface area contributed by atoms with Crippen molar-refractivity contribution in [2.45, 2.75) is 52.4 Å². The van der Waals surface area contributed by atoms with Gasteiger partial charge in [0.2, 0.25) is 0 Å². The van der Waals surface area contributed by atoms with Crippen LogP contribution in [0.5, 0.6) is 0 Å². The Bertz CT molecular complexity index is 875. The maximum absolute atomic E-state index is 13.6. The summed E-state index contributed by atoms with van der Waals surface area (Å²) in [4.78, 5) is 30.7. The lowest BCUT2D eigenvalue weighted by molar-refractivity contribution is 0.0524. The van der Waals surface area contributed by atoms with E-state index in [0.29, 0.717) is 22.5 Å². The van der Waals surface area contributed by atoms with Crippen LogP contribution in [0.1, 0.15) is 84.5 Å². The molecule has 0 atom stereocenters. The Morgan fingerprint density at radius 1 is 1.03 bits per heavy atom. The number of ether oxygens (including phenoxy) is 2. The summed E-state index contributed by atoms with van der Waals surface area (Å²) in [5.41, 5.74) is 2.75. The first-order chi connectivity index (χ1) is 13.9. The molecule has 0 spiro atoms. The molecule has 154 valence electrons. The first-order valence-corrected chi connectivity index (χ1v) is 10.1. The summed E-state index contributed by atoms with van der Waals surface area (Å²) < 4.78 is 24.2. The Hall–Kier alpha value is -2.76. The Morgan fingerprint density at radius 2 is 1.59 bits per heavy atom. The van der Waals surface area contributed by atoms with Crippen molar-refractivity contribution >= 4 is 11.9 Å². The van der Waals surface area contributed by atoms with Crippen LogP contribution in [0.15, 0.2) is 24.3 Å². The van der Waals surface area contributed by atoms with Crippen LogP contribution in [0.2, 0.25) is 0 Å². The molecule has 1 heterocycles. The molecule has 0 aliphatic heterocycles. The number of nitrogens with zero attached hydrogens (tertiary/aromatic N) is 1. The Morgan fingerprint density at radius 3 is 2.07 bits per heavy atom. The third kappa shape index (κ3) is 4.31. The molecule has 1 aliphatic rings. The van der Waals surface area contributed by atoms with Crippen molar-refractivity contribution in [3.05, 3.63) is 52.6 Å². The third-order valence-corrected chi connectivity index (χ3v) is 4.86. The third-order valence-electron chi connectivity index (χ3n) is 4.86. The number of hydrogen-bond donors (Lipinski definition) is 0. The lowest BCUT2D eigenvalue weighted by atomic mass is 9.88. The second-order valence-electron chi connectivity index (χ2n) is 7.38. The molecule has 0 amide bonds. The summed E-state index contributed by atoms with van der Waals surface area (Å²) in [6.07, 6.45) is 1.86. The fourth-order valence-corrected chi connectivity index (χ4v) is 3.42. The quantitative estimate of drug-likeness (QED) is 0.596. The summed E-state index contributed by atoms with van der Waals surface area (Å²) in [5, 5.41) is 0. The van der Waals surface area contributed by atoms with Gasteiger partial charge in [0.05, 0.1) is 35.7 Å². The Balaban J connectivity index is 2.40. The van der Waals surface area contributed by atoms with Crippen LogP contribution in [0.3, 0.4) is 0 Å². The molecule has 1 aliphatic carbocycles. The van der Waals surface area contributed by atoms with E-state index < -0.39 is 17.8 Å². The van der Waals surface area contributed by atoms with E-state index in [1.807, 2.05) is 13.8 Å². The highest BCUT2D eigenvalue weighted by Crippen LogP contribution is 2.45. The fourth-order valence-electron chi connectivity index (χ4n) is 3.42. The molecule has 0 radical (unpaired) electrons. The van der Waals surface area contributed by atoms with Crippen LogP contribution in [-0.2, 0) is 9.47 Å². The van der Waals surface area contributed by atoms with Crippen LogP contribution in [0.25, 0.3) is 11.1 Å². The Kier molecular flexibility index (Phi) is 6.30. The highest BCUT2D eigenvalue weighted by Gasteiger charge is 2.37. The average molecular weight is 399 g/mol. The zero-order valence-corrected chi connectivity index (χ0v) is 17.3. The molecule has 1 aromatic carbocycles. The predicted molar refractivity (Wildman–Crippen MR) is 108 cm³/mol. The predicted octanol–water partition coefficient (Wildman–Crippen LogP) is 5.24. The van der Waals surface area contributed by atoms with Gasteiger partial charge in [-0.05, 0) is 50.3 Å². The van der Waals surface area contributed by atoms with Crippen LogP contribution >= 0.6 is 0 Å². The molecule has 1 saturated carbocycles. The zero-order chi connectivity index (χ0) is 21.1. The van der Waals surface area contributed by atoms with E-state index in [0.717, 1.165) is 12.8 Å². The van der Waals surface area contributed by atoms with E-state index in [4.69, 9.17) is 14.5 Å². The first-order valence-electron chi connectivity index (χ1n) is 10.1. The smallest absolute Gasteiger partial charge is 0.340 e. The molecule has 29 heavy (non-hydrogen) atoms. The molecule has 5 nitrogen and oxygen atoms in total. The molecular weight excluding hydrogens is 373 g/mol. The van der Waals surface area contributed by atoms with E-state index in [-0.39, 0.29) is 36.2 Å². The van der Waals surface area contributed by atoms with E-state index in [2.05, 4.69) is 0 Å². The highest BCUT2D eigenvalue weighted by atomic mass is 19.1. The van der Waals surface area contributed by atoms with Gasteiger partial charge in [-0.3, -0.25) is 4.98 Å². The van der Waals surface area contributed by atoms with Crippen molar-refractivity contribution in [3.63, 3.8) is 0 Å². The van der Waals surface area contributed by atoms with Crippen molar-refractivity contribution in [3.8, 4) is 11.1 Å². The van der Waals surface area contributed by atoms with Crippen molar-refractivity contribution < 1.29 is 23.5 Å². The van der Waals surface area contributed by atoms with Gasteiger partial charge in [-0.2, -0.15) is 0 Å². The number of benzene rings is 1. The maximum Gasteiger partial charge on any atom is 0.340 e. The second-order valence-corrected chi connectivity index (χ2v) is 7.38. The minimum atomic E-state index is -0.545. The number of esters is 2. The molecule has 6 heteroatoms. The summed E-state index contributed by atoms with van der Waals surface area (Å²) in [6, 6.07) is 5.75. The summed E-state index contributed by atoms with van der Waals surface area (Å²) in [7, 11) is 0. The molecule has 0 bridgehead atoms. The standard InChI is InChI=1S/C23H26FNO4/c1-5-28-22(26)18-17(14-9-11-16(24)12-10-14)19(23(27)29-6-2)21(15-7-8-15)25-20(18)13(3)4/h9-13,15H,5-8H2,1-4H3. The zero-order valence-electron chi connectivity index (χ0n) is 17.3. The molecule has 0 saturated heterocycles. The molecular formula is C23H26FNO4. The largest absolute Gasteiger partial charge is 0.462 e. The van der Waals surface area contributed by atoms with Gasteiger partial charge in [-0.1, -0.05) is 26.0 Å². The number of halogens is 1. The van der Waals surface area contributed by atoms with Gasteiger partial charge in [0, 0.05) is 11.5 Å². The van der Waals surface area contributed by atoms with Gasteiger partial charge in [0.1, 0.15) is 5.82 Å². The number of rotatable bonds is 7. The van der Waals surface area contributed by atoms with Gasteiger partial charge in [0.15, 0.2) is 0 Å². The number of aromatic nitrogens is 1. The Labute approximate surface area is 170 Å². The van der Waals surface area contributed by atoms with Gasteiger partial charge < -0.3 is 9.47 Å². The molecule has 2 aromatic rings. The van der Waals surface area contributed by atoms with E-state index in [1.54, 1.807) is 26.0 Å². The van der Waals surface area contributed by atoms with Crippen molar-refractivity contribution in [2.24, 2.45) is 0 Å². The topological polar surface area (TPSA) is 65.5 Å². The number of carbonyl (C=O) groups is 2. The van der Waals surface area contributed by atoms with E-state index in [1.165, 1.54) is 12.1 Å². The first kappa shape index (κ1) is 21.0. The van der Waals surface area contributed by atoms with E-state index >= 15 is 0 Å². The summed E-state index contributed by atoms with van der Waals surface area (Å²) in [6.45, 7) is 7.74. The van der Waals surface area contributed by atoms with Crippen LogP contribution in [0.4, 0.5) is 4.39 Å². The number of hydrogen-bond acceptors (Lipinski definition) is 5. The minimum Gasteiger partial charge on any atom is -0.462 e.